The van der Waals surface area contributed by atoms with Crippen molar-refractivity contribution in [1.82, 2.24) is 64.3 Å². The molecule has 0 aliphatic carbocycles. The quantitative estimate of drug-likeness (QED) is 0.00467. The molecule has 0 bridgehead atoms. The number of nitrogen functional groups attached to an aromatic ring is 3. The number of quaternary nitrogens is 1. The maximum Gasteiger partial charge on any atom is 1.00 e. The van der Waals surface area contributed by atoms with Gasteiger partial charge in [0.2, 0.25) is 29.6 Å². The average Bonchev–Trinajstić information content (AvgIpc) is 1.63. The third kappa shape index (κ3) is 43.4. The van der Waals surface area contributed by atoms with Gasteiger partial charge in [-0.25, -0.2) is 15.0 Å². The van der Waals surface area contributed by atoms with E-state index in [1.807, 2.05) is 103 Å². The van der Waals surface area contributed by atoms with E-state index in [1.165, 1.54) is 77.3 Å². The number of likely N-dealkylation sites (tertiary alicyclic amines) is 1. The van der Waals surface area contributed by atoms with Crippen molar-refractivity contribution in [2.45, 2.75) is 261 Å². The summed E-state index contributed by atoms with van der Waals surface area (Å²) in [6.07, 6.45) is 21.3. The van der Waals surface area contributed by atoms with E-state index in [2.05, 4.69) is 311 Å². The fourth-order valence-corrected chi connectivity index (χ4v) is 16.8. The van der Waals surface area contributed by atoms with E-state index < -0.39 is 33.3 Å². The van der Waals surface area contributed by atoms with Gasteiger partial charge in [0, 0.05) is 30.5 Å². The molecule has 0 unspecified atom stereocenters. The van der Waals surface area contributed by atoms with Crippen LogP contribution in [0.15, 0.2) is 214 Å². The Morgan fingerprint density at radius 3 is 0.856 bits per heavy atom. The molecule has 0 saturated carbocycles. The van der Waals surface area contributed by atoms with Crippen LogP contribution in [0.25, 0.3) is 33.5 Å². The Morgan fingerprint density at radius 2 is 0.610 bits per heavy atom. The number of anilines is 3. The number of rotatable bonds is 41. The van der Waals surface area contributed by atoms with Gasteiger partial charge in [-0.05, 0) is 152 Å². The Hall–Kier alpha value is -8.66. The number of aliphatic hydroxyl groups is 1. The first-order chi connectivity index (χ1) is 68.3. The number of nitrogens with zero attached hydrogens (tertiary/aromatic N) is 10. The molecule has 29 nitrogen and oxygen atoms in total. The second-order valence-corrected chi connectivity index (χ2v) is 62.1. The van der Waals surface area contributed by atoms with Crippen LogP contribution in [0.4, 0.5) is 23.7 Å². The van der Waals surface area contributed by atoms with Crippen LogP contribution in [0.1, 0.15) is 177 Å². The smallest absolute Gasteiger partial charge is 1.00 e. The summed E-state index contributed by atoms with van der Waals surface area (Å²) >= 11 is 2.23. The molecule has 0 amide bonds. The van der Waals surface area contributed by atoms with Crippen LogP contribution in [-0.2, 0) is 125 Å². The number of hydrogen-bond acceptors (Lipinski definition) is 25. The number of aromatic nitrogens is 12. The zero-order valence-corrected chi connectivity index (χ0v) is 99.6. The molecule has 0 radical (unpaired) electrons. The number of aromatic amines is 3. The van der Waals surface area contributed by atoms with Crippen molar-refractivity contribution in [3.05, 3.63) is 281 Å². The van der Waals surface area contributed by atoms with Gasteiger partial charge >= 0.3 is 29.6 Å². The van der Waals surface area contributed by atoms with E-state index in [0.717, 1.165) is 74.4 Å². The predicted molar refractivity (Wildman–Crippen MR) is 603 cm³/mol. The number of benzene rings is 6. The van der Waals surface area contributed by atoms with Crippen molar-refractivity contribution in [1.29, 1.82) is 0 Å². The molecular formula is C110H163ClIN16NaO13Si4. The number of ether oxygens (including phenoxy) is 8. The van der Waals surface area contributed by atoms with Crippen LogP contribution in [0.3, 0.4) is 0 Å². The summed E-state index contributed by atoms with van der Waals surface area (Å²) in [6, 6.07) is 49.5. The minimum Gasteiger partial charge on any atom is -1.00 e. The third-order valence-electron chi connectivity index (χ3n) is 26.3. The second kappa shape index (κ2) is 62.2. The van der Waals surface area contributed by atoms with Crippen molar-refractivity contribution in [3.63, 3.8) is 0 Å². The normalized spacial score (nSPS) is 13.3. The summed E-state index contributed by atoms with van der Waals surface area (Å²) < 4.78 is 72.0. The zero-order chi connectivity index (χ0) is 105. The van der Waals surface area contributed by atoms with Crippen LogP contribution in [0, 0.1) is 0 Å². The number of halogens is 2. The third-order valence-corrected chi connectivity index (χ3v) is 44.8. The zero-order valence-electron chi connectivity index (χ0n) is 91.7. The molecule has 2 saturated heterocycles. The summed E-state index contributed by atoms with van der Waals surface area (Å²) in [5.41, 5.74) is 34.3. The number of H-pyrrole nitrogens is 3. The maximum atomic E-state index is 8.97. The van der Waals surface area contributed by atoms with Gasteiger partial charge in [-0.2, -0.15) is 29.9 Å². The fourth-order valence-electron chi connectivity index (χ4n) is 13.0. The van der Waals surface area contributed by atoms with Crippen molar-refractivity contribution in [2.75, 3.05) is 88.0 Å². The summed E-state index contributed by atoms with van der Waals surface area (Å²) in [5, 5.41) is 9.93. The molecule has 8 heterocycles. The maximum absolute atomic E-state index is 8.97. The first kappa shape index (κ1) is 126. The van der Waals surface area contributed by atoms with E-state index in [9.17, 15) is 0 Å². The number of fused-ring (bicyclic) bond motifs is 3. The van der Waals surface area contributed by atoms with E-state index in [-0.39, 0.29) is 82.0 Å². The number of hydrogen-bond donors (Lipinski definition) is 7. The molecule has 146 heavy (non-hydrogen) atoms. The molecule has 12 aromatic rings. The number of aliphatic hydroxyl groups excluding tert-OH is 1. The SMILES string of the molecule is C1CCOC1.C=CCI.C=CCOCc1ccc(CO[Si](C)(C)C(C)(C)C)cc1.CC(C)(C)[Si](C)(C)OCc1ccc(CO)cc1.CC(C)(C)[Si](C)(C)OCc1ccc(COC/C=C/COCc2ccc(CO[Si](C)(C)C(C)(C)C)cc2)cc1.C[N+]1(c2nc(N)nc3nc[nH]c23)CCCC1.Nc1nc(OCc2ccc(COC/C=C/COCc3ccc(COc4nc(N)nc5nc[nH]c45)cc3)cc2)c2[nH]cnc2n1.[Cl-].[H-].[Na+]. The molecule has 0 atom stereocenters. The Morgan fingerprint density at radius 1 is 0.370 bits per heavy atom. The van der Waals surface area contributed by atoms with Crippen LogP contribution in [0.2, 0.25) is 72.5 Å². The largest absolute Gasteiger partial charge is 1.00 e. The van der Waals surface area contributed by atoms with E-state index in [1.54, 1.807) is 12.4 Å². The second-order valence-electron chi connectivity index (χ2n) is 41.9. The first-order valence-corrected chi connectivity index (χ1v) is 62.7. The number of alkyl halides is 1. The molecule has 6 aromatic carbocycles. The van der Waals surface area contributed by atoms with Crippen molar-refractivity contribution in [3.8, 4) is 11.8 Å². The Labute approximate surface area is 915 Å². The molecular weight excluding hydrogens is 2050 g/mol. The van der Waals surface area contributed by atoms with Crippen LogP contribution < -0.4 is 73.1 Å². The number of nitrogens with one attached hydrogen (secondary N) is 3. The Bertz CT molecular complexity index is 5620. The molecule has 2 fully saturated rings. The van der Waals surface area contributed by atoms with Crippen molar-refractivity contribution in [2.24, 2.45) is 0 Å². The number of allylic oxidation sites excluding steroid dienone is 1. The van der Waals surface area contributed by atoms with Crippen LogP contribution in [-0.4, -0.2) is 169 Å². The van der Waals surface area contributed by atoms with Gasteiger partial charge in [0.15, 0.2) is 55.7 Å². The fraction of sp³-hybridized carbons (Fsp3) is 0.464. The molecule has 14 rings (SSSR count). The molecule has 10 N–H and O–H groups in total. The Kier molecular flexibility index (Phi) is 53.7. The van der Waals surface area contributed by atoms with E-state index in [4.69, 9.17) is 77.9 Å². The average molecular weight is 2220 g/mol. The van der Waals surface area contributed by atoms with Gasteiger partial charge in [0.1, 0.15) is 24.2 Å². The molecule has 2 aliphatic heterocycles. The topological polar surface area (TPSA) is 372 Å². The molecule has 6 aromatic heterocycles. The molecule has 792 valence electrons. The number of nitrogens with two attached hydrogens (primary N) is 3. The summed E-state index contributed by atoms with van der Waals surface area (Å²) in [5.74, 6) is 2.25. The van der Waals surface area contributed by atoms with Gasteiger partial charge < -0.3 is 107 Å². The van der Waals surface area contributed by atoms with Crippen molar-refractivity contribution >= 4 is 113 Å². The molecule has 2 aliphatic rings. The Balaban J connectivity index is 0.000000331. The standard InChI is InChI=1S/C32H52O4Si2.C30H30N10O4.C17H28O2Si.C14H24O2Si.C10H15N6.C4H8O.C3H5I.ClH.Na.H/c1-31(2,3)37(7,8)35-25-29-17-13-27(14-18-29)23-33-21-11-12-22-34-24-28-15-19-30(20-16-28)26-36-38(9,10)32(4,5)6;31-29-37-25-23(33-17-35-25)27(39-29)43-15-21-7-3-19(4-8-21)13-41-11-1-2-12-42-14-20-5-9-22(10-6-20)16-44-28-24-26(36-18-34-24)38-30(32)40-28;1-7-12-18-13-15-8-10-16(11-9-15)14-19-20(5,6)17(2,3)4;1-14(2,3)17(4,5)16-11-13-8-6-12(10-15)7-9-13;1-16(4-2-3-5-16)9-7-8(13-6-12-7)14-10(11)15-9;1-2-4-5-3-1;1-2-3-4;;;/h11-20H,21-26H2,1-10H3;1-10,17-18H,11-16H2,(H3,31,33,35,37,39)(H3,32,34,36,38,40);7-11H,1,12-14H2,2-6H3;6-9,15H,10-11H2,1-5H3;6H,2-5H2,1H3,(H3,11,12,13,14,15);1-4H2;2H,1,3H2;1H;;/q;;;;+1;;;;+1;-1/p-1/b12-11+;2-1+;;;;;;;;. The minimum absolute atomic E-state index is 0. The van der Waals surface area contributed by atoms with Gasteiger partial charge in [-0.15, -0.1) is 13.2 Å². The van der Waals surface area contributed by atoms with Crippen LogP contribution >= 0.6 is 22.6 Å². The van der Waals surface area contributed by atoms with Crippen molar-refractivity contribution < 1.29 is 104 Å². The van der Waals surface area contributed by atoms with E-state index in [0.29, 0.717) is 151 Å². The van der Waals surface area contributed by atoms with Gasteiger partial charge in [0.05, 0.1) is 138 Å². The minimum atomic E-state index is -1.72. The predicted octanol–water partition coefficient (Wildman–Crippen LogP) is 18.5. The summed E-state index contributed by atoms with van der Waals surface area (Å²) in [4.78, 5) is 46.3. The summed E-state index contributed by atoms with van der Waals surface area (Å²) in [6.45, 7) is 65.7. The van der Waals surface area contributed by atoms with E-state index >= 15 is 0 Å². The van der Waals surface area contributed by atoms with Gasteiger partial charge in [-0.1, -0.05) is 288 Å². The van der Waals surface area contributed by atoms with Gasteiger partial charge in [-0.3, -0.25) is 4.48 Å². The summed E-state index contributed by atoms with van der Waals surface area (Å²) in [7, 11) is -4.58. The number of imidazole rings is 3. The molecule has 36 heteroatoms. The monoisotopic (exact) mass is 2210 g/mol. The van der Waals surface area contributed by atoms with Crippen LogP contribution in [0.5, 0.6) is 11.8 Å². The van der Waals surface area contributed by atoms with Gasteiger partial charge in [0.25, 0.3) is 5.82 Å². The molecule has 0 spiro atoms. The first-order valence-electron chi connectivity index (χ1n) is 49.5.